The van der Waals surface area contributed by atoms with Crippen molar-refractivity contribution < 1.29 is 8.42 Å². The Morgan fingerprint density at radius 2 is 1.75 bits per heavy atom. The standard InChI is InChI=1S/C21H23N3O3S/c1-15(2)24(14-17-7-5-4-6-8-17)28(26,27)20-13-18(10-9-16(20)3)19-11-12-21(25)23-22-19/h4-13,15H,14H2,1-3H3,(H,23,25). The van der Waals surface area contributed by atoms with E-state index in [9.17, 15) is 13.2 Å². The Hall–Kier alpha value is -2.77. The highest BCUT2D eigenvalue weighted by Crippen LogP contribution is 2.28. The van der Waals surface area contributed by atoms with E-state index in [1.807, 2.05) is 44.2 Å². The van der Waals surface area contributed by atoms with Crippen LogP contribution in [0.1, 0.15) is 25.0 Å². The third-order valence-corrected chi connectivity index (χ3v) is 6.67. The van der Waals surface area contributed by atoms with E-state index in [0.29, 0.717) is 23.4 Å². The number of hydrogen-bond acceptors (Lipinski definition) is 4. The zero-order valence-corrected chi connectivity index (χ0v) is 16.9. The van der Waals surface area contributed by atoms with Crippen LogP contribution in [0.2, 0.25) is 0 Å². The lowest BCUT2D eigenvalue weighted by atomic mass is 10.1. The molecule has 0 saturated carbocycles. The lowest BCUT2D eigenvalue weighted by molar-refractivity contribution is 0.348. The average Bonchev–Trinajstić information content (AvgIpc) is 2.67. The third-order valence-electron chi connectivity index (χ3n) is 4.51. The van der Waals surface area contributed by atoms with Crippen LogP contribution in [0, 0.1) is 6.92 Å². The number of H-pyrrole nitrogens is 1. The molecule has 0 aliphatic carbocycles. The SMILES string of the molecule is Cc1ccc(-c2ccc(=O)[nH]n2)cc1S(=O)(=O)N(Cc1ccccc1)C(C)C. The second-order valence-electron chi connectivity index (χ2n) is 6.92. The highest BCUT2D eigenvalue weighted by molar-refractivity contribution is 7.89. The van der Waals surface area contributed by atoms with Crippen molar-refractivity contribution in [3.63, 3.8) is 0 Å². The maximum Gasteiger partial charge on any atom is 0.264 e. The number of nitrogens with zero attached hydrogens (tertiary/aromatic N) is 2. The van der Waals surface area contributed by atoms with Crippen molar-refractivity contribution in [1.29, 1.82) is 0 Å². The number of rotatable bonds is 6. The van der Waals surface area contributed by atoms with Gasteiger partial charge >= 0.3 is 0 Å². The maximum atomic E-state index is 13.5. The van der Waals surface area contributed by atoms with Gasteiger partial charge in [-0.15, -0.1) is 0 Å². The Balaban J connectivity index is 2.04. The summed E-state index contributed by atoms with van der Waals surface area (Å²) in [5.41, 5.74) is 2.42. The first-order valence-corrected chi connectivity index (χ1v) is 10.5. The van der Waals surface area contributed by atoms with Crippen LogP contribution in [-0.4, -0.2) is 29.0 Å². The number of benzene rings is 2. The second-order valence-corrected chi connectivity index (χ2v) is 8.78. The Morgan fingerprint density at radius 3 is 2.36 bits per heavy atom. The molecule has 1 heterocycles. The van der Waals surface area contributed by atoms with Crippen LogP contribution in [-0.2, 0) is 16.6 Å². The summed E-state index contributed by atoms with van der Waals surface area (Å²) < 4.78 is 28.5. The summed E-state index contributed by atoms with van der Waals surface area (Å²) in [5.74, 6) is 0. The van der Waals surface area contributed by atoms with Gasteiger partial charge in [0.15, 0.2) is 0 Å². The molecule has 0 unspecified atom stereocenters. The molecular formula is C21H23N3O3S. The Labute approximate surface area is 164 Å². The molecule has 0 saturated heterocycles. The van der Waals surface area contributed by atoms with E-state index in [1.54, 1.807) is 31.2 Å². The molecule has 0 aliphatic heterocycles. The number of hydrogen-bond donors (Lipinski definition) is 1. The molecule has 0 fully saturated rings. The molecule has 0 spiro atoms. The molecule has 28 heavy (non-hydrogen) atoms. The van der Waals surface area contributed by atoms with E-state index in [0.717, 1.165) is 5.56 Å². The second kappa shape index (κ2) is 8.08. The van der Waals surface area contributed by atoms with Crippen molar-refractivity contribution in [1.82, 2.24) is 14.5 Å². The van der Waals surface area contributed by atoms with E-state index < -0.39 is 10.0 Å². The van der Waals surface area contributed by atoms with E-state index in [4.69, 9.17) is 0 Å². The summed E-state index contributed by atoms with van der Waals surface area (Å²) in [6.07, 6.45) is 0. The fourth-order valence-corrected chi connectivity index (χ4v) is 4.85. The lowest BCUT2D eigenvalue weighted by Gasteiger charge is -2.27. The van der Waals surface area contributed by atoms with Gasteiger partial charge in [0.1, 0.15) is 0 Å². The molecule has 7 heteroatoms. The van der Waals surface area contributed by atoms with Gasteiger partial charge in [-0.25, -0.2) is 13.5 Å². The summed E-state index contributed by atoms with van der Waals surface area (Å²) in [6.45, 7) is 5.80. The first-order chi connectivity index (χ1) is 13.3. The van der Waals surface area contributed by atoms with Crippen molar-refractivity contribution in [3.8, 4) is 11.3 Å². The van der Waals surface area contributed by atoms with Crippen LogP contribution in [0.15, 0.2) is 70.4 Å². The Kier molecular flexibility index (Phi) is 5.76. The summed E-state index contributed by atoms with van der Waals surface area (Å²) in [6, 6.07) is 17.4. The zero-order chi connectivity index (χ0) is 20.3. The van der Waals surface area contributed by atoms with Gasteiger partial charge in [0.05, 0.1) is 10.6 Å². The van der Waals surface area contributed by atoms with Gasteiger partial charge in [0.2, 0.25) is 10.0 Å². The van der Waals surface area contributed by atoms with Crippen LogP contribution in [0.5, 0.6) is 0 Å². The topological polar surface area (TPSA) is 83.1 Å². The number of nitrogens with one attached hydrogen (secondary N) is 1. The van der Waals surface area contributed by atoms with Gasteiger partial charge in [-0.2, -0.15) is 9.40 Å². The van der Waals surface area contributed by atoms with E-state index >= 15 is 0 Å². The Bertz CT molecular complexity index is 1100. The summed E-state index contributed by atoms with van der Waals surface area (Å²) in [5, 5.41) is 6.38. The normalized spacial score (nSPS) is 11.9. The molecule has 0 radical (unpaired) electrons. The Morgan fingerprint density at radius 1 is 1.04 bits per heavy atom. The number of sulfonamides is 1. The van der Waals surface area contributed by atoms with E-state index in [-0.39, 0.29) is 16.5 Å². The molecule has 0 aliphatic rings. The molecule has 1 aromatic heterocycles. The monoisotopic (exact) mass is 397 g/mol. The third kappa shape index (κ3) is 4.21. The number of aryl methyl sites for hydroxylation is 1. The van der Waals surface area contributed by atoms with Crippen LogP contribution >= 0.6 is 0 Å². The van der Waals surface area contributed by atoms with E-state index in [2.05, 4.69) is 10.2 Å². The summed E-state index contributed by atoms with van der Waals surface area (Å²) >= 11 is 0. The fraction of sp³-hybridized carbons (Fsp3) is 0.238. The largest absolute Gasteiger partial charge is 0.268 e. The molecule has 146 valence electrons. The van der Waals surface area contributed by atoms with Gasteiger partial charge in [-0.1, -0.05) is 42.5 Å². The molecular weight excluding hydrogens is 374 g/mol. The molecule has 2 aromatic carbocycles. The highest BCUT2D eigenvalue weighted by atomic mass is 32.2. The minimum atomic E-state index is -3.73. The van der Waals surface area contributed by atoms with Crippen molar-refractivity contribution in [2.75, 3.05) is 0 Å². The van der Waals surface area contributed by atoms with Gasteiger partial charge in [-0.05, 0) is 44.0 Å². The molecule has 3 rings (SSSR count). The summed E-state index contributed by atoms with van der Waals surface area (Å²) in [7, 11) is -3.73. The van der Waals surface area contributed by atoms with Crippen molar-refractivity contribution in [3.05, 3.63) is 82.1 Å². The molecule has 0 atom stereocenters. The smallest absolute Gasteiger partial charge is 0.264 e. The van der Waals surface area contributed by atoms with Gasteiger partial charge < -0.3 is 0 Å². The van der Waals surface area contributed by atoms with Crippen molar-refractivity contribution in [2.24, 2.45) is 0 Å². The minimum absolute atomic E-state index is 0.209. The first kappa shape index (κ1) is 20.0. The zero-order valence-electron chi connectivity index (χ0n) is 16.1. The fourth-order valence-electron chi connectivity index (χ4n) is 2.98. The quantitative estimate of drug-likeness (QED) is 0.691. The number of aromatic amines is 1. The predicted octanol–water partition coefficient (Wildman–Crippen LogP) is 3.34. The van der Waals surface area contributed by atoms with Crippen LogP contribution in [0.25, 0.3) is 11.3 Å². The van der Waals surface area contributed by atoms with Crippen LogP contribution in [0.4, 0.5) is 0 Å². The van der Waals surface area contributed by atoms with Crippen LogP contribution < -0.4 is 5.56 Å². The maximum absolute atomic E-state index is 13.5. The molecule has 0 bridgehead atoms. The average molecular weight is 398 g/mol. The molecule has 0 amide bonds. The van der Waals surface area contributed by atoms with Crippen LogP contribution in [0.3, 0.4) is 0 Å². The van der Waals surface area contributed by atoms with Gasteiger partial charge in [0, 0.05) is 24.2 Å². The minimum Gasteiger partial charge on any atom is -0.268 e. The molecule has 1 N–H and O–H groups in total. The summed E-state index contributed by atoms with van der Waals surface area (Å²) in [4.78, 5) is 11.5. The van der Waals surface area contributed by atoms with Crippen molar-refractivity contribution in [2.45, 2.75) is 38.3 Å². The predicted molar refractivity (Wildman–Crippen MR) is 109 cm³/mol. The number of aromatic nitrogens is 2. The van der Waals surface area contributed by atoms with Gasteiger partial charge in [0.25, 0.3) is 5.56 Å². The van der Waals surface area contributed by atoms with Crippen molar-refractivity contribution >= 4 is 10.0 Å². The highest BCUT2D eigenvalue weighted by Gasteiger charge is 2.29. The van der Waals surface area contributed by atoms with Gasteiger partial charge in [-0.3, -0.25) is 4.79 Å². The first-order valence-electron chi connectivity index (χ1n) is 9.01. The molecule has 6 nitrogen and oxygen atoms in total. The molecule has 3 aromatic rings. The lowest BCUT2D eigenvalue weighted by Crippen LogP contribution is -2.36. The van der Waals surface area contributed by atoms with E-state index in [1.165, 1.54) is 10.4 Å².